The van der Waals surface area contributed by atoms with Gasteiger partial charge in [-0.1, -0.05) is 36.4 Å². The lowest BCUT2D eigenvalue weighted by molar-refractivity contribution is -0.137. The van der Waals surface area contributed by atoms with Crippen LogP contribution in [-0.2, 0) is 11.0 Å². The number of amides is 2. The first kappa shape index (κ1) is 25.8. The number of fused-ring (bicyclic) bond motifs is 1. The zero-order valence-corrected chi connectivity index (χ0v) is 21.3. The predicted molar refractivity (Wildman–Crippen MR) is 140 cm³/mol. The average Bonchev–Trinajstić information content (AvgIpc) is 3.72. The van der Waals surface area contributed by atoms with Crippen LogP contribution in [0.15, 0.2) is 78.9 Å². The van der Waals surface area contributed by atoms with E-state index in [9.17, 15) is 27.2 Å². The highest BCUT2D eigenvalue weighted by molar-refractivity contribution is 6.06. The molecule has 6 nitrogen and oxygen atoms in total. The second-order valence-corrected chi connectivity index (χ2v) is 10.1. The highest BCUT2D eigenvalue weighted by Gasteiger charge is 2.50. The Labute approximate surface area is 227 Å². The van der Waals surface area contributed by atoms with Crippen molar-refractivity contribution in [3.05, 3.63) is 113 Å². The van der Waals surface area contributed by atoms with E-state index in [0.717, 1.165) is 36.7 Å². The number of carbonyl (C=O) groups excluding carboxylic acids is 2. The molecule has 10 heteroatoms. The van der Waals surface area contributed by atoms with Gasteiger partial charge in [0, 0.05) is 23.1 Å². The minimum Gasteiger partial charge on any atom is -0.339 e. The molecule has 0 unspecified atom stereocenters. The molecule has 0 radical (unpaired) electrons. The van der Waals surface area contributed by atoms with Crippen molar-refractivity contribution in [2.45, 2.75) is 43.9 Å². The second kappa shape index (κ2) is 9.62. The molecule has 0 spiro atoms. The lowest BCUT2D eigenvalue weighted by Crippen LogP contribution is -2.56. The van der Waals surface area contributed by atoms with E-state index in [2.05, 4.69) is 5.32 Å². The summed E-state index contributed by atoms with van der Waals surface area (Å²) in [6.07, 6.45) is -3.10. The summed E-state index contributed by atoms with van der Waals surface area (Å²) in [4.78, 5) is 29.2. The maximum Gasteiger partial charge on any atom is 0.416 e. The third kappa shape index (κ3) is 4.53. The summed E-state index contributed by atoms with van der Waals surface area (Å²) in [6.45, 7) is 1.81. The fraction of sp³-hybridized carbons (Fsp3) is 0.233. The number of rotatable bonds is 5. The molecule has 2 amide bonds. The average molecular weight is 549 g/mol. The van der Waals surface area contributed by atoms with E-state index in [1.807, 2.05) is 30.3 Å². The Bertz CT molecular complexity index is 1590. The number of aromatic nitrogens is 2. The molecular weight excluding hydrogens is 524 g/mol. The van der Waals surface area contributed by atoms with Gasteiger partial charge in [0.15, 0.2) is 0 Å². The molecule has 4 aromatic rings. The number of halogens is 4. The fourth-order valence-corrected chi connectivity index (χ4v) is 5.36. The second-order valence-electron chi connectivity index (χ2n) is 10.1. The van der Waals surface area contributed by atoms with Gasteiger partial charge in [-0.2, -0.15) is 18.3 Å². The Kier molecular flexibility index (Phi) is 6.20. The van der Waals surface area contributed by atoms with Crippen molar-refractivity contribution in [2.24, 2.45) is 0 Å². The number of alkyl halides is 3. The molecule has 1 aliphatic heterocycles. The monoisotopic (exact) mass is 548 g/mol. The van der Waals surface area contributed by atoms with E-state index in [1.54, 1.807) is 28.6 Å². The van der Waals surface area contributed by atoms with Gasteiger partial charge in [-0.3, -0.25) is 14.5 Å². The zero-order chi connectivity index (χ0) is 28.2. The van der Waals surface area contributed by atoms with Crippen LogP contribution in [0.4, 0.5) is 23.4 Å². The maximum absolute atomic E-state index is 14.2. The van der Waals surface area contributed by atoms with Crippen LogP contribution in [0, 0.1) is 12.7 Å². The molecule has 2 heterocycles. The van der Waals surface area contributed by atoms with Gasteiger partial charge in [0.05, 0.1) is 16.9 Å². The van der Waals surface area contributed by atoms with Gasteiger partial charge in [-0.25, -0.2) is 9.07 Å². The topological polar surface area (TPSA) is 67.2 Å². The van der Waals surface area contributed by atoms with Crippen LogP contribution >= 0.6 is 0 Å². The zero-order valence-electron chi connectivity index (χ0n) is 21.3. The van der Waals surface area contributed by atoms with Crippen molar-refractivity contribution in [1.29, 1.82) is 0 Å². The van der Waals surface area contributed by atoms with Crippen molar-refractivity contribution in [3.8, 4) is 5.69 Å². The minimum absolute atomic E-state index is 0.105. The van der Waals surface area contributed by atoms with Crippen LogP contribution in [0.25, 0.3) is 5.69 Å². The lowest BCUT2D eigenvalue weighted by atomic mass is 9.81. The number of benzene rings is 3. The molecule has 0 saturated heterocycles. The summed E-state index contributed by atoms with van der Waals surface area (Å²) in [7, 11) is 0. The number of hydrogen-bond donors (Lipinski definition) is 1. The van der Waals surface area contributed by atoms with Crippen LogP contribution in [0.5, 0.6) is 0 Å². The first-order valence-corrected chi connectivity index (χ1v) is 12.8. The minimum atomic E-state index is -4.63. The highest BCUT2D eigenvalue weighted by Crippen LogP contribution is 2.47. The van der Waals surface area contributed by atoms with Gasteiger partial charge in [-0.15, -0.1) is 0 Å². The molecule has 1 saturated carbocycles. The van der Waals surface area contributed by atoms with Gasteiger partial charge in [-0.05, 0) is 67.8 Å². The number of para-hydroxylation sites is 1. The molecule has 1 aromatic heterocycles. The largest absolute Gasteiger partial charge is 0.416 e. The molecule has 3 aromatic carbocycles. The van der Waals surface area contributed by atoms with Crippen molar-refractivity contribution >= 4 is 17.6 Å². The summed E-state index contributed by atoms with van der Waals surface area (Å²) in [5.41, 5.74) is 1.43. The Morgan fingerprint density at radius 3 is 2.33 bits per heavy atom. The van der Waals surface area contributed by atoms with Gasteiger partial charge in [0.1, 0.15) is 17.7 Å². The molecule has 2 aliphatic rings. The summed E-state index contributed by atoms with van der Waals surface area (Å²) in [6, 6.07) is 17.8. The molecule has 40 heavy (non-hydrogen) atoms. The van der Waals surface area contributed by atoms with Crippen LogP contribution in [0.2, 0.25) is 0 Å². The van der Waals surface area contributed by atoms with Crippen molar-refractivity contribution in [1.82, 2.24) is 15.1 Å². The molecule has 1 N–H and O–H groups in total. The fourth-order valence-electron chi connectivity index (χ4n) is 5.36. The highest BCUT2D eigenvalue weighted by atomic mass is 19.4. The standard InChI is InChI=1S/C30H24F4N4O2/c1-17-24-25(18-10-12-21(31)13-11-18)26(35-27(39)19-6-5-7-20(16-19)30(32,33)34)29(40)37(22-14-15-22)28(24)38(36-17)23-8-3-2-4-9-23/h2-13,16,22,25-26H,14-15H2,1H3,(H,35,39)/t25-,26-/m0/s1. The molecule has 1 aliphatic carbocycles. The maximum atomic E-state index is 14.2. The summed E-state index contributed by atoms with van der Waals surface area (Å²) in [5, 5.41) is 7.50. The Morgan fingerprint density at radius 2 is 1.68 bits per heavy atom. The molecule has 6 rings (SSSR count). The number of hydrogen-bond acceptors (Lipinski definition) is 3. The molecule has 0 bridgehead atoms. The van der Waals surface area contributed by atoms with Gasteiger partial charge in [0.25, 0.3) is 11.8 Å². The van der Waals surface area contributed by atoms with E-state index >= 15 is 0 Å². The van der Waals surface area contributed by atoms with E-state index in [4.69, 9.17) is 5.10 Å². The summed E-state index contributed by atoms with van der Waals surface area (Å²) < 4.78 is 55.6. The number of nitrogens with zero attached hydrogens (tertiary/aromatic N) is 3. The van der Waals surface area contributed by atoms with Gasteiger partial charge >= 0.3 is 6.18 Å². The van der Waals surface area contributed by atoms with Gasteiger partial charge < -0.3 is 5.32 Å². The molecule has 204 valence electrons. The quantitative estimate of drug-likeness (QED) is 0.322. The van der Waals surface area contributed by atoms with Gasteiger partial charge in [0.2, 0.25) is 0 Å². The van der Waals surface area contributed by atoms with Crippen LogP contribution < -0.4 is 10.2 Å². The first-order chi connectivity index (χ1) is 19.1. The van der Waals surface area contributed by atoms with E-state index in [1.165, 1.54) is 18.2 Å². The third-order valence-electron chi connectivity index (χ3n) is 7.34. The third-order valence-corrected chi connectivity index (χ3v) is 7.34. The summed E-state index contributed by atoms with van der Waals surface area (Å²) in [5.74, 6) is -1.86. The van der Waals surface area contributed by atoms with Crippen LogP contribution in [0.1, 0.15) is 51.5 Å². The number of nitrogens with one attached hydrogen (secondary N) is 1. The lowest BCUT2D eigenvalue weighted by Gasteiger charge is -2.39. The predicted octanol–water partition coefficient (Wildman–Crippen LogP) is 5.78. The SMILES string of the molecule is Cc1nn(-c2ccccc2)c2c1[C@H](c1ccc(F)cc1)[C@H](NC(=O)c1cccc(C(F)(F)F)c1)C(=O)N2C1CC1. The Hall–Kier alpha value is -4.47. The van der Waals surface area contributed by atoms with E-state index in [-0.39, 0.29) is 11.6 Å². The Morgan fingerprint density at radius 1 is 0.975 bits per heavy atom. The molecular formula is C30H24F4N4O2. The summed E-state index contributed by atoms with van der Waals surface area (Å²) >= 11 is 0. The van der Waals surface area contributed by atoms with Crippen molar-refractivity contribution < 1.29 is 27.2 Å². The Balaban J connectivity index is 1.50. The normalized spacial score (nSPS) is 18.9. The smallest absolute Gasteiger partial charge is 0.339 e. The van der Waals surface area contributed by atoms with E-state index < -0.39 is 41.3 Å². The van der Waals surface area contributed by atoms with E-state index in [0.29, 0.717) is 22.6 Å². The number of anilines is 1. The van der Waals surface area contributed by atoms with Crippen molar-refractivity contribution in [3.63, 3.8) is 0 Å². The molecule has 2 atom stereocenters. The number of aryl methyl sites for hydroxylation is 1. The van der Waals surface area contributed by atoms with Crippen LogP contribution in [0.3, 0.4) is 0 Å². The van der Waals surface area contributed by atoms with Crippen LogP contribution in [-0.4, -0.2) is 33.7 Å². The molecule has 1 fully saturated rings. The number of carbonyl (C=O) groups is 2. The van der Waals surface area contributed by atoms with Crippen molar-refractivity contribution in [2.75, 3.05) is 4.90 Å². The first-order valence-electron chi connectivity index (χ1n) is 12.8.